The van der Waals surface area contributed by atoms with Crippen LogP contribution >= 0.6 is 0 Å². The Morgan fingerprint density at radius 2 is 1.69 bits per heavy atom. The van der Waals surface area contributed by atoms with Crippen molar-refractivity contribution in [1.82, 2.24) is 4.90 Å². The van der Waals surface area contributed by atoms with Crippen molar-refractivity contribution in [2.45, 2.75) is 25.8 Å². The van der Waals surface area contributed by atoms with Crippen LogP contribution in [0, 0.1) is 0 Å². The summed E-state index contributed by atoms with van der Waals surface area (Å²) in [4.78, 5) is 27.0. The van der Waals surface area contributed by atoms with Gasteiger partial charge in [0.1, 0.15) is 17.3 Å². The minimum absolute atomic E-state index is 0.0720. The number of anilines is 1. The number of furan rings is 1. The van der Waals surface area contributed by atoms with E-state index in [-0.39, 0.29) is 18.4 Å². The molecule has 0 aliphatic carbocycles. The fourth-order valence-corrected chi connectivity index (χ4v) is 4.36. The number of amides is 2. The van der Waals surface area contributed by atoms with Crippen molar-refractivity contribution in [3.05, 3.63) is 108 Å². The highest BCUT2D eigenvalue weighted by Gasteiger charge is 2.24. The van der Waals surface area contributed by atoms with Crippen molar-refractivity contribution in [3.63, 3.8) is 0 Å². The molecule has 2 heterocycles. The zero-order valence-electron chi connectivity index (χ0n) is 20.0. The van der Waals surface area contributed by atoms with Gasteiger partial charge in [0.25, 0.3) is 5.91 Å². The SMILES string of the molecule is O=C(COc1ccccc1)Nc1cccc(-c2cc3c(o2)CCN(C(=O)CCc2ccccc2)C3)c1. The molecule has 5 rings (SSSR count). The van der Waals surface area contributed by atoms with Crippen molar-refractivity contribution >= 4 is 17.5 Å². The van der Waals surface area contributed by atoms with Crippen molar-refractivity contribution in [2.75, 3.05) is 18.5 Å². The molecule has 6 nitrogen and oxygen atoms in total. The zero-order valence-corrected chi connectivity index (χ0v) is 20.0. The topological polar surface area (TPSA) is 71.8 Å². The third-order valence-electron chi connectivity index (χ3n) is 6.23. The van der Waals surface area contributed by atoms with Gasteiger partial charge < -0.3 is 19.4 Å². The first-order chi connectivity index (χ1) is 17.6. The van der Waals surface area contributed by atoms with Crippen LogP contribution in [0.5, 0.6) is 5.75 Å². The van der Waals surface area contributed by atoms with E-state index in [1.54, 1.807) is 0 Å². The summed E-state index contributed by atoms with van der Waals surface area (Å²) in [6, 6.07) is 28.9. The minimum atomic E-state index is -0.237. The molecule has 3 aromatic carbocycles. The fraction of sp³-hybridized carbons (Fsp3) is 0.200. The summed E-state index contributed by atoms with van der Waals surface area (Å²) in [7, 11) is 0. The molecule has 0 atom stereocenters. The van der Waals surface area contributed by atoms with Gasteiger partial charge in [-0.2, -0.15) is 0 Å². The maximum atomic E-state index is 12.8. The Balaban J connectivity index is 1.19. The predicted molar refractivity (Wildman–Crippen MR) is 139 cm³/mol. The summed E-state index contributed by atoms with van der Waals surface area (Å²) in [5.74, 6) is 2.22. The van der Waals surface area contributed by atoms with Gasteiger partial charge in [-0.3, -0.25) is 9.59 Å². The molecule has 0 saturated heterocycles. The largest absolute Gasteiger partial charge is 0.484 e. The molecule has 0 fully saturated rings. The highest BCUT2D eigenvalue weighted by Crippen LogP contribution is 2.31. The summed E-state index contributed by atoms with van der Waals surface area (Å²) < 4.78 is 11.7. The lowest BCUT2D eigenvalue weighted by molar-refractivity contribution is -0.132. The molecule has 0 unspecified atom stereocenters. The summed E-state index contributed by atoms with van der Waals surface area (Å²) in [6.07, 6.45) is 1.94. The molecule has 1 aromatic heterocycles. The van der Waals surface area contributed by atoms with E-state index in [0.29, 0.717) is 37.4 Å². The van der Waals surface area contributed by atoms with Crippen LogP contribution in [-0.4, -0.2) is 29.9 Å². The molecule has 1 aliphatic heterocycles. The molecule has 1 aliphatic rings. The average Bonchev–Trinajstić information content (AvgIpc) is 3.36. The summed E-state index contributed by atoms with van der Waals surface area (Å²) in [5.41, 5.74) is 3.75. The van der Waals surface area contributed by atoms with Crippen LogP contribution in [0.15, 0.2) is 95.4 Å². The quantitative estimate of drug-likeness (QED) is 0.362. The first kappa shape index (κ1) is 23.4. The van der Waals surface area contributed by atoms with Crippen LogP contribution in [0.25, 0.3) is 11.3 Å². The molecule has 0 radical (unpaired) electrons. The normalized spacial score (nSPS) is 12.6. The molecular formula is C30H28N2O4. The van der Waals surface area contributed by atoms with Crippen LogP contribution in [0.4, 0.5) is 5.69 Å². The van der Waals surface area contributed by atoms with Gasteiger partial charge in [0.15, 0.2) is 6.61 Å². The van der Waals surface area contributed by atoms with Gasteiger partial charge in [-0.05, 0) is 42.3 Å². The van der Waals surface area contributed by atoms with Gasteiger partial charge in [0, 0.05) is 42.7 Å². The molecular weight excluding hydrogens is 452 g/mol. The highest BCUT2D eigenvalue weighted by atomic mass is 16.5. The van der Waals surface area contributed by atoms with Gasteiger partial charge in [-0.25, -0.2) is 0 Å². The Bertz CT molecular complexity index is 1330. The van der Waals surface area contributed by atoms with E-state index in [9.17, 15) is 9.59 Å². The van der Waals surface area contributed by atoms with E-state index in [2.05, 4.69) is 17.4 Å². The average molecular weight is 481 g/mol. The second kappa shape index (κ2) is 11.0. The van der Waals surface area contributed by atoms with Crippen LogP contribution < -0.4 is 10.1 Å². The van der Waals surface area contributed by atoms with E-state index in [0.717, 1.165) is 29.1 Å². The molecule has 36 heavy (non-hydrogen) atoms. The molecule has 4 aromatic rings. The number of carbonyl (C=O) groups excluding carboxylic acids is 2. The van der Waals surface area contributed by atoms with Crippen molar-refractivity contribution in [3.8, 4) is 17.1 Å². The maximum absolute atomic E-state index is 12.8. The van der Waals surface area contributed by atoms with Crippen LogP contribution in [-0.2, 0) is 29.0 Å². The van der Waals surface area contributed by atoms with Crippen LogP contribution in [0.2, 0.25) is 0 Å². The number of nitrogens with one attached hydrogen (secondary N) is 1. The van der Waals surface area contributed by atoms with Crippen LogP contribution in [0.1, 0.15) is 23.3 Å². The van der Waals surface area contributed by atoms with Gasteiger partial charge in [0.05, 0.1) is 0 Å². The predicted octanol–water partition coefficient (Wildman–Crippen LogP) is 5.48. The molecule has 6 heteroatoms. The molecule has 1 N–H and O–H groups in total. The smallest absolute Gasteiger partial charge is 0.262 e. The lowest BCUT2D eigenvalue weighted by Crippen LogP contribution is -2.35. The number of ether oxygens (including phenoxy) is 1. The molecule has 182 valence electrons. The number of para-hydroxylation sites is 1. The standard InChI is InChI=1S/C30H28N2O4/c33-29(21-35-26-12-5-2-6-13-26)31-25-11-7-10-23(18-25)28-19-24-20-32(17-16-27(24)36-28)30(34)15-14-22-8-3-1-4-9-22/h1-13,18-19H,14-17,20-21H2,(H,31,33). The Labute approximate surface area is 210 Å². The van der Waals surface area contributed by atoms with E-state index in [1.807, 2.05) is 83.8 Å². The Morgan fingerprint density at radius 3 is 2.50 bits per heavy atom. The van der Waals surface area contributed by atoms with Gasteiger partial charge >= 0.3 is 0 Å². The molecule has 0 saturated carbocycles. The number of hydrogen-bond acceptors (Lipinski definition) is 4. The van der Waals surface area contributed by atoms with E-state index in [1.165, 1.54) is 5.56 Å². The van der Waals surface area contributed by atoms with Gasteiger partial charge in [0.2, 0.25) is 5.91 Å². The number of nitrogens with zero attached hydrogens (tertiary/aromatic N) is 1. The third-order valence-corrected chi connectivity index (χ3v) is 6.23. The molecule has 2 amide bonds. The third kappa shape index (κ3) is 5.84. The molecule has 0 spiro atoms. The van der Waals surface area contributed by atoms with Crippen molar-refractivity contribution < 1.29 is 18.7 Å². The monoisotopic (exact) mass is 480 g/mol. The number of benzene rings is 3. The Kier molecular flexibility index (Phi) is 7.12. The molecule has 0 bridgehead atoms. The highest BCUT2D eigenvalue weighted by molar-refractivity contribution is 5.92. The second-order valence-electron chi connectivity index (χ2n) is 8.84. The first-order valence-electron chi connectivity index (χ1n) is 12.2. The van der Waals surface area contributed by atoms with Crippen molar-refractivity contribution in [2.24, 2.45) is 0 Å². The number of fused-ring (bicyclic) bond motifs is 1. The fourth-order valence-electron chi connectivity index (χ4n) is 4.36. The van der Waals surface area contributed by atoms with E-state index in [4.69, 9.17) is 9.15 Å². The van der Waals surface area contributed by atoms with Gasteiger partial charge in [-0.15, -0.1) is 0 Å². The van der Waals surface area contributed by atoms with Crippen LogP contribution in [0.3, 0.4) is 0 Å². The number of aryl methyl sites for hydroxylation is 1. The van der Waals surface area contributed by atoms with Crippen molar-refractivity contribution in [1.29, 1.82) is 0 Å². The number of hydrogen-bond donors (Lipinski definition) is 1. The Morgan fingerprint density at radius 1 is 0.917 bits per heavy atom. The zero-order chi connectivity index (χ0) is 24.7. The Hall–Kier alpha value is -4.32. The lowest BCUT2D eigenvalue weighted by atomic mass is 10.1. The number of carbonyl (C=O) groups is 2. The summed E-state index contributed by atoms with van der Waals surface area (Å²) in [5, 5.41) is 2.88. The first-order valence-corrected chi connectivity index (χ1v) is 12.2. The summed E-state index contributed by atoms with van der Waals surface area (Å²) in [6.45, 7) is 1.14. The second-order valence-corrected chi connectivity index (χ2v) is 8.84. The summed E-state index contributed by atoms with van der Waals surface area (Å²) >= 11 is 0. The number of rotatable bonds is 8. The van der Waals surface area contributed by atoms with E-state index >= 15 is 0 Å². The lowest BCUT2D eigenvalue weighted by Gasteiger charge is -2.26. The minimum Gasteiger partial charge on any atom is -0.484 e. The van der Waals surface area contributed by atoms with Gasteiger partial charge in [-0.1, -0.05) is 60.7 Å². The maximum Gasteiger partial charge on any atom is 0.262 e. The van der Waals surface area contributed by atoms with E-state index < -0.39 is 0 Å².